The van der Waals surface area contributed by atoms with E-state index in [4.69, 9.17) is 5.84 Å². The number of hydrazine groups is 1. The van der Waals surface area contributed by atoms with Crippen LogP contribution in [0.2, 0.25) is 0 Å². The van der Waals surface area contributed by atoms with E-state index in [9.17, 15) is 0 Å². The van der Waals surface area contributed by atoms with Crippen molar-refractivity contribution >= 4 is 10.8 Å². The van der Waals surface area contributed by atoms with Crippen molar-refractivity contribution in [3.63, 3.8) is 0 Å². The molecule has 0 aliphatic rings. The lowest BCUT2D eigenvalue weighted by molar-refractivity contribution is 0.462. The Bertz CT molecular complexity index is 531. The quantitative estimate of drug-likeness (QED) is 0.402. The van der Waals surface area contributed by atoms with Crippen LogP contribution in [0.1, 0.15) is 51.0 Å². The molecule has 0 bridgehead atoms. The molecule has 0 fully saturated rings. The van der Waals surface area contributed by atoms with Gasteiger partial charge in [0.15, 0.2) is 0 Å². The lowest BCUT2D eigenvalue weighted by Gasteiger charge is -2.17. The molecule has 0 radical (unpaired) electrons. The van der Waals surface area contributed by atoms with Gasteiger partial charge in [0.1, 0.15) is 0 Å². The molecule has 2 aromatic rings. The van der Waals surface area contributed by atoms with Gasteiger partial charge < -0.3 is 0 Å². The van der Waals surface area contributed by atoms with Gasteiger partial charge in [0, 0.05) is 6.04 Å². The molecule has 2 rings (SSSR count). The predicted molar refractivity (Wildman–Crippen MR) is 92.1 cm³/mol. The summed E-state index contributed by atoms with van der Waals surface area (Å²) in [4.78, 5) is 0. The van der Waals surface area contributed by atoms with Crippen molar-refractivity contribution in [2.75, 3.05) is 0 Å². The van der Waals surface area contributed by atoms with Gasteiger partial charge in [-0.3, -0.25) is 11.3 Å². The molecule has 0 spiro atoms. The lowest BCUT2D eigenvalue weighted by atomic mass is 9.96. The van der Waals surface area contributed by atoms with Crippen molar-refractivity contribution in [3.05, 3.63) is 48.0 Å². The fourth-order valence-electron chi connectivity index (χ4n) is 2.97. The summed E-state index contributed by atoms with van der Waals surface area (Å²) in [6, 6.07) is 15.5. The van der Waals surface area contributed by atoms with Crippen LogP contribution in [0.3, 0.4) is 0 Å². The Balaban J connectivity index is 1.94. The monoisotopic (exact) mass is 284 g/mol. The Morgan fingerprint density at radius 2 is 1.71 bits per heavy atom. The molecular weight excluding hydrogens is 256 g/mol. The Morgan fingerprint density at radius 1 is 0.952 bits per heavy atom. The van der Waals surface area contributed by atoms with Crippen molar-refractivity contribution < 1.29 is 0 Å². The van der Waals surface area contributed by atoms with Crippen LogP contribution in [0, 0.1) is 0 Å². The molecule has 0 saturated heterocycles. The molecule has 21 heavy (non-hydrogen) atoms. The van der Waals surface area contributed by atoms with Crippen molar-refractivity contribution in [1.29, 1.82) is 0 Å². The van der Waals surface area contributed by atoms with E-state index in [1.54, 1.807) is 0 Å². The summed E-state index contributed by atoms with van der Waals surface area (Å²) in [5.74, 6) is 5.76. The van der Waals surface area contributed by atoms with Crippen LogP contribution in [-0.4, -0.2) is 6.04 Å². The highest BCUT2D eigenvalue weighted by Crippen LogP contribution is 2.21. The maximum Gasteiger partial charge on any atom is 0.0251 e. The van der Waals surface area contributed by atoms with E-state index in [1.165, 1.54) is 48.4 Å². The van der Waals surface area contributed by atoms with Gasteiger partial charge in [-0.1, -0.05) is 81.5 Å². The van der Waals surface area contributed by atoms with Crippen LogP contribution in [0.15, 0.2) is 42.5 Å². The number of hydrogen-bond donors (Lipinski definition) is 2. The average Bonchev–Trinajstić information content (AvgIpc) is 2.53. The van der Waals surface area contributed by atoms with E-state index in [1.807, 2.05) is 0 Å². The molecule has 0 amide bonds. The van der Waals surface area contributed by atoms with Crippen molar-refractivity contribution in [2.45, 2.75) is 57.9 Å². The van der Waals surface area contributed by atoms with Gasteiger partial charge in [-0.25, -0.2) is 0 Å². The Morgan fingerprint density at radius 3 is 2.52 bits per heavy atom. The number of unbranched alkanes of at least 4 members (excludes halogenated alkanes) is 4. The fourth-order valence-corrected chi connectivity index (χ4v) is 2.97. The fraction of sp³-hybridized carbons (Fsp3) is 0.474. The zero-order valence-corrected chi connectivity index (χ0v) is 13.1. The largest absolute Gasteiger partial charge is 0.271 e. The van der Waals surface area contributed by atoms with Crippen LogP contribution in [0.25, 0.3) is 10.8 Å². The van der Waals surface area contributed by atoms with Crippen LogP contribution in [0.4, 0.5) is 0 Å². The molecule has 3 N–H and O–H groups in total. The molecule has 2 nitrogen and oxygen atoms in total. The predicted octanol–water partition coefficient (Wildman–Crippen LogP) is 4.57. The summed E-state index contributed by atoms with van der Waals surface area (Å²) in [6.07, 6.45) is 8.75. The van der Waals surface area contributed by atoms with E-state index in [-0.39, 0.29) is 0 Å². The number of benzene rings is 2. The molecule has 0 heterocycles. The van der Waals surface area contributed by atoms with E-state index in [0.717, 1.165) is 12.8 Å². The standard InChI is InChI=1S/C19H28N2/c1-2-3-4-5-6-13-18(21-20)15-17-12-9-11-16-10-7-8-14-19(16)17/h7-12,14,18,21H,2-6,13,15,20H2,1H3. The zero-order chi connectivity index (χ0) is 14.9. The van der Waals surface area contributed by atoms with Gasteiger partial charge in [0.2, 0.25) is 0 Å². The Hall–Kier alpha value is -1.38. The third-order valence-electron chi connectivity index (χ3n) is 4.24. The molecule has 114 valence electrons. The molecular formula is C19H28N2. The first kappa shape index (κ1) is 16.0. The zero-order valence-electron chi connectivity index (χ0n) is 13.1. The van der Waals surface area contributed by atoms with E-state index >= 15 is 0 Å². The lowest BCUT2D eigenvalue weighted by Crippen LogP contribution is -2.36. The smallest absolute Gasteiger partial charge is 0.0251 e. The highest BCUT2D eigenvalue weighted by molar-refractivity contribution is 5.85. The average molecular weight is 284 g/mol. The number of rotatable bonds is 9. The molecule has 2 aromatic carbocycles. The minimum absolute atomic E-state index is 0.373. The molecule has 1 unspecified atom stereocenters. The van der Waals surface area contributed by atoms with Crippen LogP contribution in [0.5, 0.6) is 0 Å². The molecule has 0 aromatic heterocycles. The number of hydrogen-bond acceptors (Lipinski definition) is 2. The summed E-state index contributed by atoms with van der Waals surface area (Å²) < 4.78 is 0. The summed E-state index contributed by atoms with van der Waals surface area (Å²) in [6.45, 7) is 2.25. The molecule has 0 saturated carbocycles. The van der Waals surface area contributed by atoms with Crippen LogP contribution >= 0.6 is 0 Å². The highest BCUT2D eigenvalue weighted by Gasteiger charge is 2.09. The molecule has 0 aliphatic heterocycles. The van der Waals surface area contributed by atoms with Gasteiger partial charge >= 0.3 is 0 Å². The first-order chi connectivity index (χ1) is 10.3. The van der Waals surface area contributed by atoms with Crippen LogP contribution < -0.4 is 11.3 Å². The summed E-state index contributed by atoms with van der Waals surface area (Å²) >= 11 is 0. The third kappa shape index (κ3) is 4.83. The second kappa shape index (κ2) is 8.81. The number of nitrogens with one attached hydrogen (secondary N) is 1. The van der Waals surface area contributed by atoms with E-state index in [0.29, 0.717) is 6.04 Å². The maximum absolute atomic E-state index is 5.76. The molecule has 0 aliphatic carbocycles. The second-order valence-electron chi connectivity index (χ2n) is 5.91. The molecule has 1 atom stereocenters. The normalized spacial score (nSPS) is 12.7. The van der Waals surface area contributed by atoms with E-state index < -0.39 is 0 Å². The first-order valence-electron chi connectivity index (χ1n) is 8.28. The van der Waals surface area contributed by atoms with Gasteiger partial charge in [-0.15, -0.1) is 0 Å². The Kier molecular flexibility index (Phi) is 6.71. The minimum Gasteiger partial charge on any atom is -0.271 e. The van der Waals surface area contributed by atoms with E-state index in [2.05, 4.69) is 54.8 Å². The minimum atomic E-state index is 0.373. The summed E-state index contributed by atoms with van der Waals surface area (Å²) in [7, 11) is 0. The SMILES string of the molecule is CCCCCCCC(Cc1cccc2ccccc12)NN. The van der Waals surface area contributed by atoms with Gasteiger partial charge in [-0.05, 0) is 29.2 Å². The number of fused-ring (bicyclic) bond motifs is 1. The van der Waals surface area contributed by atoms with Crippen molar-refractivity contribution in [3.8, 4) is 0 Å². The van der Waals surface area contributed by atoms with Gasteiger partial charge in [0.25, 0.3) is 0 Å². The highest BCUT2D eigenvalue weighted by atomic mass is 15.2. The first-order valence-corrected chi connectivity index (χ1v) is 8.28. The molecule has 2 heteroatoms. The second-order valence-corrected chi connectivity index (χ2v) is 5.91. The summed E-state index contributed by atoms with van der Waals surface area (Å²) in [5, 5.41) is 2.67. The van der Waals surface area contributed by atoms with Gasteiger partial charge in [-0.2, -0.15) is 0 Å². The van der Waals surface area contributed by atoms with Crippen molar-refractivity contribution in [2.24, 2.45) is 5.84 Å². The topological polar surface area (TPSA) is 38.0 Å². The number of nitrogens with two attached hydrogens (primary N) is 1. The van der Waals surface area contributed by atoms with Crippen molar-refractivity contribution in [1.82, 2.24) is 5.43 Å². The maximum atomic E-state index is 5.76. The third-order valence-corrected chi connectivity index (χ3v) is 4.24. The summed E-state index contributed by atoms with van der Waals surface area (Å²) in [5.41, 5.74) is 4.40. The van der Waals surface area contributed by atoms with Crippen LogP contribution in [-0.2, 0) is 6.42 Å². The van der Waals surface area contributed by atoms with Gasteiger partial charge in [0.05, 0.1) is 0 Å². The Labute approximate surface area is 128 Å².